The molecule has 2 fully saturated rings. The van der Waals surface area contributed by atoms with Gasteiger partial charge in [0.15, 0.2) is 0 Å². The van der Waals surface area contributed by atoms with E-state index in [1.165, 1.54) is 7.11 Å². The number of H-pyrrole nitrogens is 1. The van der Waals surface area contributed by atoms with Crippen molar-refractivity contribution in [3.63, 3.8) is 0 Å². The van der Waals surface area contributed by atoms with E-state index in [0.29, 0.717) is 13.0 Å². The number of esters is 2. The van der Waals surface area contributed by atoms with Crippen LogP contribution in [-0.4, -0.2) is 92.7 Å². The van der Waals surface area contributed by atoms with Crippen LogP contribution in [0.1, 0.15) is 30.8 Å². The number of aliphatic hydroxyl groups excluding tert-OH is 2. The lowest BCUT2D eigenvalue weighted by molar-refractivity contribution is -0.266. The minimum Gasteiger partial charge on any atom is -0.461 e. The summed E-state index contributed by atoms with van der Waals surface area (Å²) in [6, 6.07) is 3.30. The van der Waals surface area contributed by atoms with E-state index in [9.17, 15) is 19.8 Å². The van der Waals surface area contributed by atoms with E-state index in [1.807, 2.05) is 13.0 Å². The number of aromatic nitrogens is 1. The number of allylic oxidation sites excluding steroid dienone is 3. The van der Waals surface area contributed by atoms with Gasteiger partial charge in [-0.1, -0.05) is 30.7 Å². The zero-order valence-corrected chi connectivity index (χ0v) is 24.4. The van der Waals surface area contributed by atoms with E-state index < -0.39 is 47.4 Å². The van der Waals surface area contributed by atoms with Crippen molar-refractivity contribution in [3.8, 4) is 0 Å². The number of fused-ring (bicyclic) bond motifs is 2. The number of hydrogen-bond acceptors (Lipinski definition) is 9. The van der Waals surface area contributed by atoms with E-state index in [2.05, 4.69) is 24.1 Å². The molecule has 0 saturated heterocycles. The van der Waals surface area contributed by atoms with Crippen LogP contribution >= 0.6 is 0 Å². The third-order valence-electron chi connectivity index (χ3n) is 10.1. The van der Waals surface area contributed by atoms with Crippen LogP contribution in [0.25, 0.3) is 0 Å². The Morgan fingerprint density at radius 1 is 1.07 bits per heavy atom. The highest BCUT2D eigenvalue weighted by atomic mass is 16.6. The smallest absolute Gasteiger partial charge is 0.355 e. The fourth-order valence-corrected chi connectivity index (χ4v) is 8.45. The highest BCUT2D eigenvalue weighted by Crippen LogP contribution is 2.73. The number of ether oxygens (including phenoxy) is 5. The fourth-order valence-electron chi connectivity index (χ4n) is 8.45. The summed E-state index contributed by atoms with van der Waals surface area (Å²) in [6.45, 7) is 4.80. The molecule has 226 valence electrons. The Hall–Kier alpha value is -2.50. The van der Waals surface area contributed by atoms with Gasteiger partial charge >= 0.3 is 11.9 Å². The van der Waals surface area contributed by atoms with Crippen molar-refractivity contribution in [2.75, 3.05) is 41.2 Å². The molecule has 5 rings (SSSR count). The third-order valence-corrected chi connectivity index (χ3v) is 10.1. The Morgan fingerprint density at radius 3 is 2.46 bits per heavy atom. The number of methoxy groups -OCH3 is 3. The van der Waals surface area contributed by atoms with Crippen molar-refractivity contribution in [3.05, 3.63) is 47.8 Å². The van der Waals surface area contributed by atoms with E-state index in [1.54, 1.807) is 32.5 Å². The summed E-state index contributed by atoms with van der Waals surface area (Å²) in [7, 11) is 4.71. The average molecular weight is 574 g/mol. The van der Waals surface area contributed by atoms with Crippen LogP contribution < -0.4 is 0 Å². The van der Waals surface area contributed by atoms with Gasteiger partial charge in [-0.05, 0) is 25.0 Å². The number of carbonyl (C=O) groups excluding carboxylic acids is 2. The lowest BCUT2D eigenvalue weighted by Gasteiger charge is -2.68. The quantitative estimate of drug-likeness (QED) is 0.300. The molecule has 12 unspecified atom stereocenters. The molecule has 0 amide bonds. The normalized spacial score (nSPS) is 41.5. The van der Waals surface area contributed by atoms with Crippen LogP contribution in [0.4, 0.5) is 0 Å². The van der Waals surface area contributed by atoms with Gasteiger partial charge in [-0.25, -0.2) is 4.79 Å². The average Bonchev–Trinajstić information content (AvgIpc) is 3.58. The zero-order chi connectivity index (χ0) is 29.5. The molecule has 1 aliphatic heterocycles. The number of cyclic esters (lactones) is 1. The highest BCUT2D eigenvalue weighted by molar-refractivity contribution is 5.87. The van der Waals surface area contributed by atoms with Crippen LogP contribution in [0.5, 0.6) is 0 Å². The van der Waals surface area contributed by atoms with Crippen LogP contribution in [0, 0.1) is 46.8 Å². The molecule has 41 heavy (non-hydrogen) atoms. The lowest BCUT2D eigenvalue weighted by Crippen LogP contribution is -2.73. The topological polar surface area (TPSA) is 137 Å². The van der Waals surface area contributed by atoms with Crippen molar-refractivity contribution < 1.29 is 43.5 Å². The first kappa shape index (κ1) is 30.0. The highest BCUT2D eigenvalue weighted by Gasteiger charge is 2.75. The molecule has 12 atom stereocenters. The van der Waals surface area contributed by atoms with Crippen molar-refractivity contribution in [2.24, 2.45) is 46.8 Å². The summed E-state index contributed by atoms with van der Waals surface area (Å²) in [5, 5.41) is 23.9. The molecule has 10 heteroatoms. The standard InChI is InChI=1S/C31H43NO9/c1-16-13-17(2)31-20(18(14-38-4)29(35)40-23(16)10-12-37-3)8-9-21(31)24-25(31)26(33)19(15-39-5)28(27(24)34)41-30(36)22-7-6-11-32-22/h6-9,11,13,16,18-21,23-28,32-34H,10,12,14-15H2,1-5H3. The predicted molar refractivity (Wildman–Crippen MR) is 148 cm³/mol. The minimum absolute atomic E-state index is 0.0881. The molecule has 3 N–H and O–H groups in total. The summed E-state index contributed by atoms with van der Waals surface area (Å²) < 4.78 is 28.3. The monoisotopic (exact) mass is 573 g/mol. The van der Waals surface area contributed by atoms with E-state index in [-0.39, 0.29) is 54.7 Å². The maximum absolute atomic E-state index is 13.7. The van der Waals surface area contributed by atoms with Gasteiger partial charge in [-0.2, -0.15) is 0 Å². The predicted octanol–water partition coefficient (Wildman–Crippen LogP) is 2.38. The number of aliphatic hydroxyl groups is 2. The van der Waals surface area contributed by atoms with E-state index >= 15 is 0 Å². The second kappa shape index (κ2) is 12.0. The van der Waals surface area contributed by atoms with Crippen molar-refractivity contribution >= 4 is 11.9 Å². The number of nitrogens with one attached hydrogen (secondary N) is 1. The summed E-state index contributed by atoms with van der Waals surface area (Å²) in [5.74, 6) is -3.59. The summed E-state index contributed by atoms with van der Waals surface area (Å²) in [5.41, 5.74) is 0.680. The molecule has 0 bridgehead atoms. The van der Waals surface area contributed by atoms with Crippen molar-refractivity contribution in [1.29, 1.82) is 0 Å². The maximum Gasteiger partial charge on any atom is 0.355 e. The molecular weight excluding hydrogens is 530 g/mol. The van der Waals surface area contributed by atoms with Gasteiger partial charge in [-0.3, -0.25) is 4.79 Å². The number of hydrogen-bond donors (Lipinski definition) is 3. The molecule has 4 aliphatic rings. The molecule has 10 nitrogen and oxygen atoms in total. The Morgan fingerprint density at radius 2 is 1.80 bits per heavy atom. The van der Waals surface area contributed by atoms with Crippen LogP contribution in [0.3, 0.4) is 0 Å². The Balaban J connectivity index is 1.55. The van der Waals surface area contributed by atoms with Gasteiger partial charge in [0.2, 0.25) is 0 Å². The molecule has 0 radical (unpaired) electrons. The molecule has 1 spiro atoms. The van der Waals surface area contributed by atoms with Gasteiger partial charge in [0.1, 0.15) is 17.9 Å². The molecule has 3 aliphatic carbocycles. The zero-order valence-electron chi connectivity index (χ0n) is 24.4. The second-order valence-corrected chi connectivity index (χ2v) is 12.1. The first-order chi connectivity index (χ1) is 19.7. The Labute approximate surface area is 241 Å². The number of aromatic amines is 1. The summed E-state index contributed by atoms with van der Waals surface area (Å²) >= 11 is 0. The van der Waals surface area contributed by atoms with Crippen LogP contribution in [-0.2, 0) is 28.5 Å². The lowest BCUT2D eigenvalue weighted by atomic mass is 9.36. The maximum atomic E-state index is 13.7. The van der Waals surface area contributed by atoms with E-state index in [4.69, 9.17) is 23.7 Å². The molecular formula is C31H43NO9. The molecule has 2 heterocycles. The van der Waals surface area contributed by atoms with Crippen molar-refractivity contribution in [2.45, 2.75) is 44.7 Å². The van der Waals surface area contributed by atoms with E-state index in [0.717, 1.165) is 5.57 Å². The summed E-state index contributed by atoms with van der Waals surface area (Å²) in [4.78, 5) is 29.5. The largest absolute Gasteiger partial charge is 0.461 e. The minimum atomic E-state index is -1.04. The van der Waals surface area contributed by atoms with Gasteiger partial charge < -0.3 is 38.9 Å². The first-order valence-corrected chi connectivity index (χ1v) is 14.5. The Kier molecular flexibility index (Phi) is 8.78. The number of carbonyl (C=O) groups is 2. The second-order valence-electron chi connectivity index (χ2n) is 12.1. The van der Waals surface area contributed by atoms with Gasteiger partial charge in [0.25, 0.3) is 0 Å². The van der Waals surface area contributed by atoms with Crippen LogP contribution in [0.2, 0.25) is 0 Å². The fraction of sp³-hybridized carbons (Fsp3) is 0.677. The number of rotatable bonds is 9. The molecule has 2 saturated carbocycles. The van der Waals surface area contributed by atoms with Gasteiger partial charge in [0.05, 0.1) is 31.3 Å². The van der Waals surface area contributed by atoms with Gasteiger partial charge in [-0.15, -0.1) is 0 Å². The van der Waals surface area contributed by atoms with Gasteiger partial charge in [0, 0.05) is 75.6 Å². The third kappa shape index (κ3) is 4.77. The van der Waals surface area contributed by atoms with Crippen molar-refractivity contribution in [1.82, 2.24) is 4.98 Å². The molecule has 1 aromatic heterocycles. The summed E-state index contributed by atoms with van der Waals surface area (Å²) in [6.07, 6.45) is 5.09. The van der Waals surface area contributed by atoms with Crippen LogP contribution in [0.15, 0.2) is 42.1 Å². The first-order valence-electron chi connectivity index (χ1n) is 14.5. The molecule has 0 aromatic carbocycles. The molecule has 1 aromatic rings. The Bertz CT molecular complexity index is 1150. The SMILES string of the molecule is COCCC1OC(=O)C(COC)C2C=CC3C4C(O)C(OC(=O)c5ccc[nH]5)C(COC)C(O)C4C23C(C)=CC1C.